The third-order valence-corrected chi connectivity index (χ3v) is 5.83. The van der Waals surface area contributed by atoms with Gasteiger partial charge in [-0.2, -0.15) is 13.2 Å². The number of pyridine rings is 1. The van der Waals surface area contributed by atoms with Crippen LogP contribution in [0.1, 0.15) is 40.7 Å². The van der Waals surface area contributed by atoms with E-state index in [1.54, 1.807) is 12.4 Å². The summed E-state index contributed by atoms with van der Waals surface area (Å²) < 4.78 is 40.1. The van der Waals surface area contributed by atoms with E-state index in [1.165, 1.54) is 11.0 Å². The molecule has 0 bridgehead atoms. The number of hydrogen-bond donors (Lipinski definition) is 1. The number of hydrogen-bond acceptors (Lipinski definition) is 3. The number of benzene rings is 1. The molecular weight excluding hydrogens is 407 g/mol. The fourth-order valence-electron chi connectivity index (χ4n) is 4.07. The van der Waals surface area contributed by atoms with E-state index in [0.717, 1.165) is 37.0 Å². The van der Waals surface area contributed by atoms with Crippen molar-refractivity contribution in [3.8, 4) is 0 Å². The van der Waals surface area contributed by atoms with Crippen LogP contribution in [-0.2, 0) is 16.4 Å². The van der Waals surface area contributed by atoms with Crippen molar-refractivity contribution in [2.75, 3.05) is 22.6 Å². The number of nitrogens with zero attached hydrogens (tertiary/aromatic N) is 2. The van der Waals surface area contributed by atoms with Gasteiger partial charge in [0.05, 0.1) is 17.4 Å². The third-order valence-electron chi connectivity index (χ3n) is 5.59. The minimum Gasteiger partial charge on any atom is -0.325 e. The lowest BCUT2D eigenvalue weighted by molar-refractivity contribution is -0.137. The first-order valence-corrected chi connectivity index (χ1v) is 9.61. The van der Waals surface area contributed by atoms with Crippen LogP contribution in [0.4, 0.5) is 24.5 Å². The van der Waals surface area contributed by atoms with Gasteiger partial charge in [0.25, 0.3) is 5.91 Å². The molecular formula is C20H17ClF3N3O2. The number of halogens is 4. The van der Waals surface area contributed by atoms with E-state index in [9.17, 15) is 22.8 Å². The lowest BCUT2D eigenvalue weighted by Crippen LogP contribution is -2.41. The normalized spacial score (nSPS) is 17.0. The van der Waals surface area contributed by atoms with Crippen LogP contribution in [0.3, 0.4) is 0 Å². The maximum Gasteiger partial charge on any atom is 0.416 e. The van der Waals surface area contributed by atoms with Gasteiger partial charge in [-0.3, -0.25) is 14.6 Å². The van der Waals surface area contributed by atoms with Crippen molar-refractivity contribution in [1.29, 1.82) is 0 Å². The second-order valence-electron chi connectivity index (χ2n) is 7.40. The largest absolute Gasteiger partial charge is 0.416 e. The van der Waals surface area contributed by atoms with Crippen molar-refractivity contribution in [3.05, 3.63) is 53.3 Å². The number of amides is 2. The summed E-state index contributed by atoms with van der Waals surface area (Å²) in [6.07, 6.45) is 1.46. The Morgan fingerprint density at radius 3 is 2.62 bits per heavy atom. The molecule has 152 valence electrons. The molecule has 2 heterocycles. The summed E-state index contributed by atoms with van der Waals surface area (Å²) in [5.74, 6) is -1.63. The minimum absolute atomic E-state index is 0.127. The molecule has 2 aliphatic rings. The maximum atomic E-state index is 13.4. The van der Waals surface area contributed by atoms with Crippen molar-refractivity contribution in [2.24, 2.45) is 0 Å². The summed E-state index contributed by atoms with van der Waals surface area (Å²) in [5, 5.41) is 2.29. The average molecular weight is 424 g/mol. The van der Waals surface area contributed by atoms with Gasteiger partial charge in [0.2, 0.25) is 5.91 Å². The van der Waals surface area contributed by atoms with Gasteiger partial charge in [-0.1, -0.05) is 6.42 Å². The number of rotatable bonds is 3. The molecule has 1 fully saturated rings. The Kier molecular flexibility index (Phi) is 4.77. The minimum atomic E-state index is -4.67. The van der Waals surface area contributed by atoms with Crippen molar-refractivity contribution >= 4 is 34.8 Å². The molecule has 1 N–H and O–H groups in total. The zero-order valence-electron chi connectivity index (χ0n) is 15.2. The number of alkyl halides is 4. The van der Waals surface area contributed by atoms with Gasteiger partial charge in [-0.15, -0.1) is 11.6 Å². The smallest absolute Gasteiger partial charge is 0.325 e. The number of fused-ring (bicyclic) bond motifs is 2. The highest BCUT2D eigenvalue weighted by molar-refractivity contribution is 6.29. The van der Waals surface area contributed by atoms with Crippen molar-refractivity contribution in [3.63, 3.8) is 0 Å². The van der Waals surface area contributed by atoms with Crippen LogP contribution in [0.2, 0.25) is 0 Å². The van der Waals surface area contributed by atoms with Crippen LogP contribution < -0.4 is 10.2 Å². The van der Waals surface area contributed by atoms with E-state index >= 15 is 0 Å². The number of anilines is 2. The molecule has 1 aliphatic heterocycles. The Hall–Kier alpha value is -2.61. The molecule has 5 nitrogen and oxygen atoms in total. The SMILES string of the molecule is O=C(CCl)Nc1cc(C(=O)N2CC3(CCC3)c3ccncc32)cc(C(F)(F)F)c1. The van der Waals surface area contributed by atoms with Crippen LogP contribution in [0.15, 0.2) is 36.7 Å². The highest BCUT2D eigenvalue weighted by Gasteiger charge is 2.48. The standard InChI is InChI=1S/C20H17ClF3N3O2/c21-9-17(28)26-14-7-12(6-13(8-14)20(22,23)24)18(29)27-11-19(3-1-4-19)15-2-5-25-10-16(15)27/h2,5-8,10H,1,3-4,9,11H2,(H,26,28). The third kappa shape index (κ3) is 3.46. The number of carbonyl (C=O) groups excluding carboxylic acids is 2. The van der Waals surface area contributed by atoms with Crippen molar-refractivity contribution in [1.82, 2.24) is 4.98 Å². The van der Waals surface area contributed by atoms with E-state index in [-0.39, 0.29) is 16.7 Å². The Bertz CT molecular complexity index is 989. The number of carbonyl (C=O) groups is 2. The fourth-order valence-corrected chi connectivity index (χ4v) is 4.14. The van der Waals surface area contributed by atoms with Crippen molar-refractivity contribution in [2.45, 2.75) is 30.9 Å². The summed E-state index contributed by atoms with van der Waals surface area (Å²) in [4.78, 5) is 30.3. The van der Waals surface area contributed by atoms with E-state index in [1.807, 2.05) is 6.07 Å². The van der Waals surface area contributed by atoms with Gasteiger partial charge >= 0.3 is 6.18 Å². The number of aromatic nitrogens is 1. The molecule has 0 atom stereocenters. The number of nitrogens with one attached hydrogen (secondary N) is 1. The molecule has 1 aliphatic carbocycles. The second-order valence-corrected chi connectivity index (χ2v) is 7.66. The molecule has 1 aromatic heterocycles. The quantitative estimate of drug-likeness (QED) is 0.746. The highest BCUT2D eigenvalue weighted by Crippen LogP contribution is 2.52. The van der Waals surface area contributed by atoms with Gasteiger partial charge in [-0.25, -0.2) is 0 Å². The summed E-state index contributed by atoms with van der Waals surface area (Å²) >= 11 is 5.43. The summed E-state index contributed by atoms with van der Waals surface area (Å²) in [5.41, 5.74) is 0.187. The summed E-state index contributed by atoms with van der Waals surface area (Å²) in [7, 11) is 0. The van der Waals surface area contributed by atoms with Crippen LogP contribution in [0, 0.1) is 0 Å². The Labute approximate surface area is 169 Å². The fraction of sp³-hybridized carbons (Fsp3) is 0.350. The molecule has 2 aromatic rings. The molecule has 0 saturated heterocycles. The molecule has 1 aromatic carbocycles. The molecule has 0 radical (unpaired) electrons. The summed E-state index contributed by atoms with van der Waals surface area (Å²) in [6, 6.07) is 4.71. The Morgan fingerprint density at radius 2 is 2.00 bits per heavy atom. The van der Waals surface area contributed by atoms with Crippen LogP contribution >= 0.6 is 11.6 Å². The lowest BCUT2D eigenvalue weighted by atomic mass is 9.66. The molecule has 0 unspecified atom stereocenters. The molecule has 4 rings (SSSR count). The zero-order valence-corrected chi connectivity index (χ0v) is 16.0. The summed E-state index contributed by atoms with van der Waals surface area (Å²) in [6.45, 7) is 0.409. The first kappa shape index (κ1) is 19.7. The van der Waals surface area contributed by atoms with Gasteiger partial charge < -0.3 is 10.2 Å². The molecule has 29 heavy (non-hydrogen) atoms. The van der Waals surface area contributed by atoms with Crippen molar-refractivity contribution < 1.29 is 22.8 Å². The first-order chi connectivity index (χ1) is 13.7. The monoisotopic (exact) mass is 423 g/mol. The predicted octanol–water partition coefficient (Wildman–Crippen LogP) is 4.36. The molecule has 9 heteroatoms. The Morgan fingerprint density at radius 1 is 1.24 bits per heavy atom. The van der Waals surface area contributed by atoms with Crippen LogP contribution in [0.25, 0.3) is 0 Å². The Balaban J connectivity index is 1.73. The highest BCUT2D eigenvalue weighted by atomic mass is 35.5. The van der Waals surface area contributed by atoms with Gasteiger partial charge in [0.15, 0.2) is 0 Å². The molecule has 1 saturated carbocycles. The van der Waals surface area contributed by atoms with Gasteiger partial charge in [-0.05, 0) is 42.7 Å². The van der Waals surface area contributed by atoms with E-state index in [0.29, 0.717) is 12.2 Å². The topological polar surface area (TPSA) is 62.3 Å². The zero-order chi connectivity index (χ0) is 20.8. The van der Waals surface area contributed by atoms with E-state index in [2.05, 4.69) is 10.3 Å². The molecule has 1 spiro atoms. The van der Waals surface area contributed by atoms with E-state index < -0.39 is 29.4 Å². The first-order valence-electron chi connectivity index (χ1n) is 9.08. The van der Waals surface area contributed by atoms with E-state index in [4.69, 9.17) is 11.6 Å². The van der Waals surface area contributed by atoms with Crippen LogP contribution in [0.5, 0.6) is 0 Å². The maximum absolute atomic E-state index is 13.4. The average Bonchev–Trinajstić information content (AvgIpc) is 3.02. The second kappa shape index (κ2) is 7.02. The van der Waals surface area contributed by atoms with Crippen LogP contribution in [-0.4, -0.2) is 29.2 Å². The van der Waals surface area contributed by atoms with Gasteiger partial charge in [0.1, 0.15) is 5.88 Å². The van der Waals surface area contributed by atoms with Gasteiger partial charge in [0, 0.05) is 29.4 Å². The lowest BCUT2D eigenvalue weighted by Gasteiger charge is -2.38. The molecule has 2 amide bonds. The predicted molar refractivity (Wildman–Crippen MR) is 102 cm³/mol.